The van der Waals surface area contributed by atoms with Gasteiger partial charge in [-0.05, 0) is 19.1 Å². The molecule has 0 N–H and O–H groups in total. The van der Waals surface area contributed by atoms with Crippen LogP contribution in [0, 0.1) is 18.6 Å². The van der Waals surface area contributed by atoms with E-state index in [1.807, 2.05) is 0 Å². The molecule has 20 heavy (non-hydrogen) atoms. The van der Waals surface area contributed by atoms with Crippen LogP contribution in [0.3, 0.4) is 0 Å². The zero-order chi connectivity index (χ0) is 14.9. The summed E-state index contributed by atoms with van der Waals surface area (Å²) < 4.78 is 53.5. The topological polar surface area (TPSA) is 61.6 Å². The largest absolute Gasteiger partial charge is 0.428 e. The lowest BCUT2D eigenvalue weighted by Gasteiger charge is -2.10. The highest BCUT2D eigenvalue weighted by Gasteiger charge is 2.33. The van der Waals surface area contributed by atoms with E-state index in [-0.39, 0.29) is 22.6 Å². The molecule has 2 rings (SSSR count). The molecule has 0 bridgehead atoms. The van der Waals surface area contributed by atoms with Gasteiger partial charge in [0, 0.05) is 25.8 Å². The average molecular weight is 303 g/mol. The summed E-state index contributed by atoms with van der Waals surface area (Å²) in [5, 5.41) is 0. The molecule has 0 unspecified atom stereocenters. The van der Waals surface area contributed by atoms with Crippen LogP contribution in [0.4, 0.5) is 8.78 Å². The molecule has 0 atom stereocenters. The van der Waals surface area contributed by atoms with Crippen molar-refractivity contribution in [3.63, 3.8) is 0 Å². The van der Waals surface area contributed by atoms with Gasteiger partial charge in [0.1, 0.15) is 11.6 Å². The van der Waals surface area contributed by atoms with Crippen LogP contribution in [0.25, 0.3) is 11.5 Å². The zero-order valence-electron chi connectivity index (χ0n) is 11.0. The third kappa shape index (κ3) is 2.65. The number of nitrogens with zero attached hydrogens (tertiary/aromatic N) is 1. The Morgan fingerprint density at radius 1 is 1.15 bits per heavy atom. The van der Waals surface area contributed by atoms with Gasteiger partial charge in [0.25, 0.3) is 0 Å². The van der Waals surface area contributed by atoms with Gasteiger partial charge in [-0.1, -0.05) is 0 Å². The summed E-state index contributed by atoms with van der Waals surface area (Å²) in [6.07, 6.45) is 0. The minimum absolute atomic E-state index is 0.0646. The van der Waals surface area contributed by atoms with E-state index in [1.54, 1.807) is 0 Å². The summed E-state index contributed by atoms with van der Waals surface area (Å²) in [6, 6.07) is 2.85. The normalized spacial score (nSPS) is 11.8. The highest BCUT2D eigenvalue weighted by atomic mass is 31.2. The van der Waals surface area contributed by atoms with Crippen molar-refractivity contribution in [1.82, 2.24) is 4.98 Å². The first-order valence-electron chi connectivity index (χ1n) is 5.55. The molecule has 0 saturated heterocycles. The number of rotatable bonds is 4. The van der Waals surface area contributed by atoms with Crippen LogP contribution in [0.5, 0.6) is 0 Å². The molecule has 0 saturated carbocycles. The number of benzene rings is 1. The van der Waals surface area contributed by atoms with E-state index in [0.717, 1.165) is 18.2 Å². The Kier molecular flexibility index (Phi) is 4.04. The first kappa shape index (κ1) is 14.8. The second kappa shape index (κ2) is 5.44. The van der Waals surface area contributed by atoms with Gasteiger partial charge in [0.05, 0.1) is 5.69 Å². The van der Waals surface area contributed by atoms with Crippen LogP contribution in [0.1, 0.15) is 5.69 Å². The third-order valence-electron chi connectivity index (χ3n) is 2.61. The zero-order valence-corrected chi connectivity index (χ0v) is 11.9. The average Bonchev–Trinajstić information content (AvgIpc) is 2.79. The summed E-state index contributed by atoms with van der Waals surface area (Å²) in [6.45, 7) is 1.53. The van der Waals surface area contributed by atoms with Gasteiger partial charge in [0.2, 0.25) is 11.4 Å². The predicted octanol–water partition coefficient (Wildman–Crippen LogP) is 3.04. The van der Waals surface area contributed by atoms with Gasteiger partial charge < -0.3 is 13.5 Å². The van der Waals surface area contributed by atoms with Crippen molar-refractivity contribution >= 4 is 13.1 Å². The maximum atomic E-state index is 13.2. The molecule has 2 aromatic rings. The van der Waals surface area contributed by atoms with Crippen molar-refractivity contribution < 1.29 is 26.8 Å². The molecule has 0 aliphatic heterocycles. The van der Waals surface area contributed by atoms with E-state index in [4.69, 9.17) is 13.5 Å². The van der Waals surface area contributed by atoms with Crippen LogP contribution >= 0.6 is 7.60 Å². The molecule has 0 aliphatic carbocycles. The highest BCUT2D eigenvalue weighted by Crippen LogP contribution is 2.46. The lowest BCUT2D eigenvalue weighted by Crippen LogP contribution is -2.08. The van der Waals surface area contributed by atoms with E-state index in [9.17, 15) is 13.3 Å². The second-order valence-corrected chi connectivity index (χ2v) is 6.06. The smallest absolute Gasteiger partial charge is 0.397 e. The van der Waals surface area contributed by atoms with Gasteiger partial charge in [-0.25, -0.2) is 13.8 Å². The lowest BCUT2D eigenvalue weighted by molar-refractivity contribution is 0.281. The quantitative estimate of drug-likeness (QED) is 0.812. The van der Waals surface area contributed by atoms with E-state index >= 15 is 0 Å². The maximum Gasteiger partial charge on any atom is 0.397 e. The number of hydrogen-bond donors (Lipinski definition) is 0. The Morgan fingerprint density at radius 3 is 2.20 bits per heavy atom. The summed E-state index contributed by atoms with van der Waals surface area (Å²) >= 11 is 0. The molecule has 0 radical (unpaired) electrons. The van der Waals surface area contributed by atoms with Crippen LogP contribution in [-0.2, 0) is 13.6 Å². The molecule has 0 fully saturated rings. The Hall–Kier alpha value is -1.56. The monoisotopic (exact) mass is 303 g/mol. The fourth-order valence-corrected chi connectivity index (χ4v) is 2.81. The van der Waals surface area contributed by atoms with E-state index in [2.05, 4.69) is 4.98 Å². The van der Waals surface area contributed by atoms with Crippen molar-refractivity contribution in [1.29, 1.82) is 0 Å². The molecule has 1 aromatic heterocycles. The first-order valence-corrected chi connectivity index (χ1v) is 7.10. The Morgan fingerprint density at radius 2 is 1.70 bits per heavy atom. The summed E-state index contributed by atoms with van der Waals surface area (Å²) in [5.74, 6) is -1.59. The lowest BCUT2D eigenvalue weighted by atomic mass is 10.2. The number of aryl methyl sites for hydroxylation is 1. The first-order chi connectivity index (χ1) is 9.39. The molecular formula is C12H12F2NO4P. The van der Waals surface area contributed by atoms with Gasteiger partial charge in [-0.3, -0.25) is 4.57 Å². The van der Waals surface area contributed by atoms with Crippen molar-refractivity contribution in [2.75, 3.05) is 14.2 Å². The van der Waals surface area contributed by atoms with Gasteiger partial charge in [-0.2, -0.15) is 0 Å². The number of aromatic nitrogens is 1. The minimum Gasteiger partial charge on any atom is -0.428 e. The number of halogens is 2. The van der Waals surface area contributed by atoms with Crippen molar-refractivity contribution in [2.45, 2.75) is 6.92 Å². The molecular weight excluding hydrogens is 291 g/mol. The van der Waals surface area contributed by atoms with Gasteiger partial charge in [0.15, 0.2) is 0 Å². The molecule has 5 nitrogen and oxygen atoms in total. The molecule has 0 amide bonds. The molecule has 0 aliphatic rings. The molecule has 1 heterocycles. The Balaban J connectivity index is 2.54. The molecule has 1 aromatic carbocycles. The maximum absolute atomic E-state index is 13.2. The van der Waals surface area contributed by atoms with Gasteiger partial charge >= 0.3 is 7.60 Å². The van der Waals surface area contributed by atoms with Crippen molar-refractivity contribution in [3.8, 4) is 11.5 Å². The summed E-state index contributed by atoms with van der Waals surface area (Å²) in [5.41, 5.74) is 0.259. The SMILES string of the molecule is COP(=O)(OC)c1oc(-c2cc(F)cc(F)c2)nc1C. The molecule has 8 heteroatoms. The number of hydrogen-bond acceptors (Lipinski definition) is 5. The standard InChI is InChI=1S/C12H12F2NO4P/c1-7-12(20(16,17-2)18-3)19-11(15-7)8-4-9(13)6-10(14)5-8/h4-6H,1-3H3. The third-order valence-corrected chi connectivity index (χ3v) is 4.48. The minimum atomic E-state index is -3.61. The molecule has 108 valence electrons. The van der Waals surface area contributed by atoms with E-state index in [0.29, 0.717) is 0 Å². The van der Waals surface area contributed by atoms with Crippen molar-refractivity contribution in [2.24, 2.45) is 0 Å². The Labute approximate surface area is 114 Å². The fraction of sp³-hybridized carbons (Fsp3) is 0.250. The van der Waals surface area contributed by atoms with Crippen LogP contribution in [-0.4, -0.2) is 19.2 Å². The summed E-state index contributed by atoms with van der Waals surface area (Å²) in [7, 11) is -1.21. The predicted molar refractivity (Wildman–Crippen MR) is 67.9 cm³/mol. The van der Waals surface area contributed by atoms with Crippen molar-refractivity contribution in [3.05, 3.63) is 35.5 Å². The van der Waals surface area contributed by atoms with Crippen LogP contribution in [0.15, 0.2) is 22.6 Å². The van der Waals surface area contributed by atoms with Crippen LogP contribution in [0.2, 0.25) is 0 Å². The van der Waals surface area contributed by atoms with Gasteiger partial charge in [-0.15, -0.1) is 0 Å². The van der Waals surface area contributed by atoms with E-state index < -0.39 is 19.2 Å². The highest BCUT2D eigenvalue weighted by molar-refractivity contribution is 7.61. The fourth-order valence-electron chi connectivity index (χ4n) is 1.68. The number of oxazole rings is 1. The molecule has 0 spiro atoms. The van der Waals surface area contributed by atoms with Crippen LogP contribution < -0.4 is 5.50 Å². The van der Waals surface area contributed by atoms with E-state index in [1.165, 1.54) is 21.1 Å². The summed E-state index contributed by atoms with van der Waals surface area (Å²) in [4.78, 5) is 3.99. The second-order valence-electron chi connectivity index (χ2n) is 3.93. The Bertz CT molecular complexity index is 658.